The standard InChI is InChI=1S/C28H36OSi2/c1-28(2,3)31(24-18-12-8-13-19-24,25-20-14-9-15-21-25)22-26(30(4,5)6)27(29)23-16-10-7-11-17-23/h7-22,27,29H,1-6H3/b26-22+. The molecule has 3 heteroatoms. The van der Waals surface area contributed by atoms with Crippen LogP contribution >= 0.6 is 0 Å². The van der Waals surface area contributed by atoms with Crippen molar-refractivity contribution in [2.24, 2.45) is 0 Å². The van der Waals surface area contributed by atoms with Crippen LogP contribution in [0.1, 0.15) is 32.4 Å². The van der Waals surface area contributed by atoms with E-state index < -0.39 is 22.3 Å². The van der Waals surface area contributed by atoms with Gasteiger partial charge in [-0.2, -0.15) is 0 Å². The van der Waals surface area contributed by atoms with Crippen molar-refractivity contribution < 1.29 is 5.11 Å². The summed E-state index contributed by atoms with van der Waals surface area (Å²) in [6, 6.07) is 32.1. The number of benzene rings is 3. The zero-order chi connectivity index (χ0) is 22.7. The molecule has 0 radical (unpaired) electrons. The first-order valence-corrected chi connectivity index (χ1v) is 16.7. The van der Waals surface area contributed by atoms with Gasteiger partial charge in [-0.3, -0.25) is 0 Å². The lowest BCUT2D eigenvalue weighted by molar-refractivity contribution is 0.222. The van der Waals surface area contributed by atoms with Gasteiger partial charge in [-0.05, 0) is 21.0 Å². The molecule has 3 aromatic carbocycles. The lowest BCUT2D eigenvalue weighted by atomic mass is 10.1. The van der Waals surface area contributed by atoms with Crippen LogP contribution in [0.25, 0.3) is 0 Å². The molecule has 0 aliphatic rings. The van der Waals surface area contributed by atoms with E-state index in [9.17, 15) is 5.11 Å². The molecule has 0 fully saturated rings. The first-order valence-electron chi connectivity index (χ1n) is 11.1. The highest BCUT2D eigenvalue weighted by Gasteiger charge is 2.47. The molecule has 1 atom stereocenters. The van der Waals surface area contributed by atoms with Crippen molar-refractivity contribution in [3.63, 3.8) is 0 Å². The maximum Gasteiger partial charge on any atom is 0.146 e. The fourth-order valence-electron chi connectivity index (χ4n) is 4.57. The zero-order valence-corrected chi connectivity index (χ0v) is 21.8. The van der Waals surface area contributed by atoms with E-state index in [0.29, 0.717) is 0 Å². The van der Waals surface area contributed by atoms with Gasteiger partial charge in [0.2, 0.25) is 0 Å². The van der Waals surface area contributed by atoms with Gasteiger partial charge in [0, 0.05) is 0 Å². The maximum absolute atomic E-state index is 11.6. The van der Waals surface area contributed by atoms with Crippen LogP contribution in [0.15, 0.2) is 102 Å². The number of hydrogen-bond acceptors (Lipinski definition) is 1. The van der Waals surface area contributed by atoms with Crippen molar-refractivity contribution in [1.29, 1.82) is 0 Å². The van der Waals surface area contributed by atoms with Crippen LogP contribution in [0, 0.1) is 0 Å². The second kappa shape index (κ2) is 9.11. The Balaban J connectivity index is 2.38. The number of aliphatic hydroxyl groups excluding tert-OH is 1. The topological polar surface area (TPSA) is 20.2 Å². The Morgan fingerprint density at radius 1 is 0.710 bits per heavy atom. The molecule has 0 heterocycles. The summed E-state index contributed by atoms with van der Waals surface area (Å²) in [6.45, 7) is 14.2. The molecule has 3 rings (SSSR count). The molecule has 3 aromatic rings. The number of hydrogen-bond donors (Lipinski definition) is 1. The second-order valence-corrected chi connectivity index (χ2v) is 20.1. The Morgan fingerprint density at radius 3 is 1.45 bits per heavy atom. The summed E-state index contributed by atoms with van der Waals surface area (Å²) in [5.74, 6) is 0. The average Bonchev–Trinajstić information content (AvgIpc) is 2.74. The SMILES string of the molecule is CC(C)(C)[Si](/C=C(\C(O)c1ccccc1)[Si](C)(C)C)(c1ccccc1)c1ccccc1. The molecule has 0 bridgehead atoms. The van der Waals surface area contributed by atoms with Gasteiger partial charge >= 0.3 is 0 Å². The largest absolute Gasteiger partial charge is 0.384 e. The predicted octanol–water partition coefficient (Wildman–Crippen LogP) is 6.13. The van der Waals surface area contributed by atoms with Crippen LogP contribution in [0.5, 0.6) is 0 Å². The van der Waals surface area contributed by atoms with Crippen molar-refractivity contribution >= 4 is 26.5 Å². The normalized spacial score (nSPS) is 14.4. The molecule has 0 aromatic heterocycles. The predicted molar refractivity (Wildman–Crippen MR) is 140 cm³/mol. The highest BCUT2D eigenvalue weighted by molar-refractivity contribution is 7.08. The van der Waals surface area contributed by atoms with E-state index in [-0.39, 0.29) is 5.04 Å². The lowest BCUT2D eigenvalue weighted by Crippen LogP contribution is -2.63. The quantitative estimate of drug-likeness (QED) is 0.454. The van der Waals surface area contributed by atoms with E-state index in [1.807, 2.05) is 30.3 Å². The summed E-state index contributed by atoms with van der Waals surface area (Å²) in [6.07, 6.45) is -0.575. The summed E-state index contributed by atoms with van der Waals surface area (Å²) >= 11 is 0. The molecular weight excluding hydrogens is 408 g/mol. The van der Waals surface area contributed by atoms with E-state index in [4.69, 9.17) is 0 Å². The minimum Gasteiger partial charge on any atom is -0.384 e. The monoisotopic (exact) mass is 444 g/mol. The third-order valence-corrected chi connectivity index (χ3v) is 14.3. The Kier molecular flexibility index (Phi) is 6.90. The fraction of sp³-hybridized carbons (Fsp3) is 0.286. The molecule has 0 saturated heterocycles. The molecule has 1 nitrogen and oxygen atoms in total. The summed E-state index contributed by atoms with van der Waals surface area (Å²) in [4.78, 5) is 0. The highest BCUT2D eigenvalue weighted by Crippen LogP contribution is 2.40. The Hall–Kier alpha value is -2.21. The van der Waals surface area contributed by atoms with Crippen LogP contribution in [0.3, 0.4) is 0 Å². The Morgan fingerprint density at radius 2 is 1.10 bits per heavy atom. The van der Waals surface area contributed by atoms with E-state index >= 15 is 0 Å². The lowest BCUT2D eigenvalue weighted by Gasteiger charge is -2.44. The minimum atomic E-state index is -2.41. The molecule has 1 unspecified atom stereocenters. The number of aliphatic hydroxyl groups is 1. The van der Waals surface area contributed by atoms with Gasteiger partial charge in [-0.1, -0.05) is 142 Å². The van der Waals surface area contributed by atoms with E-state index in [2.05, 4.69) is 107 Å². The summed E-state index contributed by atoms with van der Waals surface area (Å²) < 4.78 is 0. The minimum absolute atomic E-state index is 0.0248. The van der Waals surface area contributed by atoms with Crippen LogP contribution < -0.4 is 10.4 Å². The fourth-order valence-corrected chi connectivity index (χ4v) is 12.8. The summed E-state index contributed by atoms with van der Waals surface area (Å²) in [5.41, 5.74) is 3.54. The number of rotatable bonds is 6. The van der Waals surface area contributed by atoms with Crippen LogP contribution in [-0.2, 0) is 0 Å². The molecule has 162 valence electrons. The molecule has 31 heavy (non-hydrogen) atoms. The first-order chi connectivity index (χ1) is 14.6. The molecule has 0 saturated carbocycles. The van der Waals surface area contributed by atoms with Crippen molar-refractivity contribution in [3.8, 4) is 0 Å². The third kappa shape index (κ3) is 4.84. The Labute approximate surface area is 190 Å². The van der Waals surface area contributed by atoms with E-state index in [1.165, 1.54) is 15.6 Å². The van der Waals surface area contributed by atoms with Crippen molar-refractivity contribution in [2.75, 3.05) is 0 Å². The molecular formula is C28H36OSi2. The third-order valence-electron chi connectivity index (χ3n) is 6.29. The van der Waals surface area contributed by atoms with Gasteiger partial charge < -0.3 is 5.11 Å². The smallest absolute Gasteiger partial charge is 0.146 e. The van der Waals surface area contributed by atoms with Gasteiger partial charge in [0.25, 0.3) is 0 Å². The molecule has 0 aliphatic heterocycles. The van der Waals surface area contributed by atoms with Crippen molar-refractivity contribution in [2.45, 2.75) is 51.6 Å². The summed E-state index contributed by atoms with van der Waals surface area (Å²) in [5, 5.41) is 15.7. The maximum atomic E-state index is 11.6. The van der Waals surface area contributed by atoms with Crippen LogP contribution in [0.4, 0.5) is 0 Å². The second-order valence-electron chi connectivity index (χ2n) is 10.5. The van der Waals surface area contributed by atoms with Gasteiger partial charge in [0.1, 0.15) is 8.07 Å². The van der Waals surface area contributed by atoms with E-state index in [0.717, 1.165) is 5.56 Å². The molecule has 1 N–H and O–H groups in total. The summed E-state index contributed by atoms with van der Waals surface area (Å²) in [7, 11) is -4.25. The highest BCUT2D eigenvalue weighted by atomic mass is 28.3. The van der Waals surface area contributed by atoms with Gasteiger partial charge in [-0.15, -0.1) is 0 Å². The molecule has 0 aliphatic carbocycles. The van der Waals surface area contributed by atoms with Crippen LogP contribution in [0.2, 0.25) is 24.7 Å². The van der Waals surface area contributed by atoms with Crippen molar-refractivity contribution in [3.05, 3.63) is 107 Å². The molecule has 0 amide bonds. The molecule has 0 spiro atoms. The average molecular weight is 445 g/mol. The van der Waals surface area contributed by atoms with Gasteiger partial charge in [0.15, 0.2) is 0 Å². The zero-order valence-electron chi connectivity index (χ0n) is 19.8. The first kappa shape index (κ1) is 23.5. The Bertz CT molecular complexity index is 958. The van der Waals surface area contributed by atoms with E-state index in [1.54, 1.807) is 0 Å². The van der Waals surface area contributed by atoms with Crippen molar-refractivity contribution in [1.82, 2.24) is 0 Å². The van der Waals surface area contributed by atoms with Gasteiger partial charge in [-0.25, -0.2) is 0 Å². The van der Waals surface area contributed by atoms with Crippen LogP contribution in [-0.4, -0.2) is 21.3 Å². The van der Waals surface area contributed by atoms with Gasteiger partial charge in [0.05, 0.1) is 14.2 Å².